The SMILES string of the molecule is Cn1cc(-c2ccnc(N3CCn4c(cc5c4CC(C)(C)C5)C3=O)c2CO)cc(Nc2ccnc(C(C)(C)O)n2)c1=O. The Kier molecular flexibility index (Phi) is 6.54. The van der Waals surface area contributed by atoms with Crippen molar-refractivity contribution < 1.29 is 15.0 Å². The molecule has 42 heavy (non-hydrogen) atoms. The van der Waals surface area contributed by atoms with Gasteiger partial charge in [-0.3, -0.25) is 14.5 Å². The van der Waals surface area contributed by atoms with Crippen molar-refractivity contribution in [1.29, 1.82) is 0 Å². The van der Waals surface area contributed by atoms with Gasteiger partial charge in [-0.2, -0.15) is 0 Å². The number of fused-ring (bicyclic) bond motifs is 3. The first-order valence-corrected chi connectivity index (χ1v) is 14.0. The second kappa shape index (κ2) is 9.88. The highest BCUT2D eigenvalue weighted by Crippen LogP contribution is 2.40. The molecule has 2 aliphatic rings. The predicted molar refractivity (Wildman–Crippen MR) is 159 cm³/mol. The van der Waals surface area contributed by atoms with E-state index in [9.17, 15) is 19.8 Å². The average molecular weight is 570 g/mol. The number of carbonyl (C=O) groups is 1. The molecule has 0 saturated carbocycles. The average Bonchev–Trinajstić information content (AvgIpc) is 3.43. The lowest BCUT2D eigenvalue weighted by Gasteiger charge is -2.31. The molecule has 6 rings (SSSR count). The highest BCUT2D eigenvalue weighted by atomic mass is 16.3. The molecule has 0 aromatic carbocycles. The summed E-state index contributed by atoms with van der Waals surface area (Å²) in [6, 6.07) is 7.08. The summed E-state index contributed by atoms with van der Waals surface area (Å²) in [4.78, 5) is 41.5. The van der Waals surface area contributed by atoms with Gasteiger partial charge in [-0.05, 0) is 67.5 Å². The molecule has 0 atom stereocenters. The molecule has 11 heteroatoms. The molecule has 1 aliphatic carbocycles. The van der Waals surface area contributed by atoms with Crippen LogP contribution in [0.5, 0.6) is 0 Å². The lowest BCUT2D eigenvalue weighted by atomic mass is 9.90. The van der Waals surface area contributed by atoms with Crippen LogP contribution < -0.4 is 15.8 Å². The minimum absolute atomic E-state index is 0.137. The first-order valence-electron chi connectivity index (χ1n) is 14.0. The summed E-state index contributed by atoms with van der Waals surface area (Å²) in [6.07, 6.45) is 6.71. The summed E-state index contributed by atoms with van der Waals surface area (Å²) in [5, 5.41) is 23.9. The van der Waals surface area contributed by atoms with E-state index in [1.807, 2.05) is 6.07 Å². The van der Waals surface area contributed by atoms with E-state index in [0.29, 0.717) is 47.1 Å². The van der Waals surface area contributed by atoms with Gasteiger partial charge in [0, 0.05) is 55.5 Å². The van der Waals surface area contributed by atoms with Crippen molar-refractivity contribution in [2.45, 2.75) is 59.3 Å². The van der Waals surface area contributed by atoms with E-state index in [2.05, 4.69) is 38.7 Å². The number of aliphatic hydroxyl groups excluding tert-OH is 1. The number of aryl methyl sites for hydroxylation is 1. The van der Waals surface area contributed by atoms with E-state index in [1.165, 1.54) is 22.0 Å². The fraction of sp³-hybridized carbons (Fsp3) is 0.387. The predicted octanol–water partition coefficient (Wildman–Crippen LogP) is 3.29. The fourth-order valence-corrected chi connectivity index (χ4v) is 6.06. The lowest BCUT2D eigenvalue weighted by Crippen LogP contribution is -2.41. The van der Waals surface area contributed by atoms with Gasteiger partial charge in [0.1, 0.15) is 28.6 Å². The van der Waals surface area contributed by atoms with Gasteiger partial charge in [0.25, 0.3) is 11.5 Å². The van der Waals surface area contributed by atoms with Gasteiger partial charge >= 0.3 is 0 Å². The molecular formula is C31H35N7O4. The Balaban J connectivity index is 1.36. The number of hydrogen-bond acceptors (Lipinski definition) is 8. The van der Waals surface area contributed by atoms with Crippen molar-refractivity contribution in [2.24, 2.45) is 12.5 Å². The van der Waals surface area contributed by atoms with E-state index in [-0.39, 0.29) is 35.0 Å². The number of aliphatic hydroxyl groups is 2. The summed E-state index contributed by atoms with van der Waals surface area (Å²) in [5.74, 6) is 0.836. The van der Waals surface area contributed by atoms with Crippen molar-refractivity contribution in [1.82, 2.24) is 24.1 Å². The number of anilines is 3. The molecular weight excluding hydrogens is 534 g/mol. The zero-order valence-corrected chi connectivity index (χ0v) is 24.5. The van der Waals surface area contributed by atoms with Crippen LogP contribution in [0.15, 0.2) is 47.7 Å². The molecule has 0 bridgehead atoms. The van der Waals surface area contributed by atoms with Crippen LogP contribution in [0, 0.1) is 5.41 Å². The highest BCUT2D eigenvalue weighted by molar-refractivity contribution is 6.06. The van der Waals surface area contributed by atoms with Crippen molar-refractivity contribution in [2.75, 3.05) is 16.8 Å². The van der Waals surface area contributed by atoms with Crippen LogP contribution in [0.1, 0.15) is 60.8 Å². The fourth-order valence-electron chi connectivity index (χ4n) is 6.06. The normalized spacial score (nSPS) is 16.0. The molecule has 0 fully saturated rings. The molecule has 11 nitrogen and oxygen atoms in total. The highest BCUT2D eigenvalue weighted by Gasteiger charge is 2.37. The second-order valence-electron chi connectivity index (χ2n) is 12.5. The maximum Gasteiger partial charge on any atom is 0.276 e. The maximum absolute atomic E-state index is 13.8. The van der Waals surface area contributed by atoms with Crippen LogP contribution in [0.25, 0.3) is 11.1 Å². The Bertz CT molecular complexity index is 1780. The third-order valence-corrected chi connectivity index (χ3v) is 8.03. The Labute approximate surface area is 243 Å². The first-order chi connectivity index (χ1) is 19.9. The molecule has 218 valence electrons. The summed E-state index contributed by atoms with van der Waals surface area (Å²) in [6.45, 7) is 8.42. The van der Waals surface area contributed by atoms with Gasteiger partial charge in [0.05, 0.1) is 6.61 Å². The van der Waals surface area contributed by atoms with E-state index >= 15 is 0 Å². The van der Waals surface area contributed by atoms with Crippen LogP contribution in [0.4, 0.5) is 17.3 Å². The smallest absolute Gasteiger partial charge is 0.276 e. The molecule has 5 heterocycles. The molecule has 0 unspecified atom stereocenters. The van der Waals surface area contributed by atoms with Crippen LogP contribution in [-0.4, -0.2) is 46.8 Å². The molecule has 0 spiro atoms. The summed E-state index contributed by atoms with van der Waals surface area (Å²) in [5.41, 5.74) is 3.84. The quantitative estimate of drug-likeness (QED) is 0.322. The van der Waals surface area contributed by atoms with Crippen LogP contribution in [-0.2, 0) is 38.6 Å². The number of hydrogen-bond donors (Lipinski definition) is 3. The number of pyridine rings is 2. The molecule has 4 aromatic heterocycles. The lowest BCUT2D eigenvalue weighted by molar-refractivity contribution is 0.0688. The maximum atomic E-state index is 13.8. The molecule has 0 saturated heterocycles. The number of nitrogens with zero attached hydrogens (tertiary/aromatic N) is 6. The van der Waals surface area contributed by atoms with Crippen molar-refractivity contribution >= 4 is 23.2 Å². The summed E-state index contributed by atoms with van der Waals surface area (Å²) < 4.78 is 3.59. The second-order valence-corrected chi connectivity index (χ2v) is 12.5. The van der Waals surface area contributed by atoms with Crippen LogP contribution in [0.3, 0.4) is 0 Å². The molecule has 1 aliphatic heterocycles. The third kappa shape index (κ3) is 4.78. The van der Waals surface area contributed by atoms with Crippen molar-refractivity contribution in [3.8, 4) is 11.1 Å². The zero-order chi connectivity index (χ0) is 30.0. The monoisotopic (exact) mass is 569 g/mol. The Morgan fingerprint density at radius 2 is 1.83 bits per heavy atom. The van der Waals surface area contributed by atoms with Gasteiger partial charge in [0.15, 0.2) is 5.82 Å². The van der Waals surface area contributed by atoms with Gasteiger partial charge in [-0.25, -0.2) is 15.0 Å². The van der Waals surface area contributed by atoms with Gasteiger partial charge in [-0.15, -0.1) is 0 Å². The molecule has 4 aromatic rings. The van der Waals surface area contributed by atoms with Gasteiger partial charge in [-0.1, -0.05) is 13.8 Å². The zero-order valence-electron chi connectivity index (χ0n) is 24.5. The van der Waals surface area contributed by atoms with Gasteiger partial charge < -0.3 is 24.7 Å². The number of nitrogens with one attached hydrogen (secondary N) is 1. The van der Waals surface area contributed by atoms with Crippen molar-refractivity contribution in [3.05, 3.63) is 81.5 Å². The molecule has 0 radical (unpaired) electrons. The largest absolute Gasteiger partial charge is 0.392 e. The van der Waals surface area contributed by atoms with E-state index < -0.39 is 5.60 Å². The molecule has 3 N–H and O–H groups in total. The van der Waals surface area contributed by atoms with Crippen LogP contribution in [0.2, 0.25) is 0 Å². The minimum atomic E-state index is -1.25. The minimum Gasteiger partial charge on any atom is -0.392 e. The third-order valence-electron chi connectivity index (χ3n) is 8.03. The summed E-state index contributed by atoms with van der Waals surface area (Å²) in [7, 11) is 1.64. The Hall–Kier alpha value is -4.35. The van der Waals surface area contributed by atoms with Gasteiger partial charge in [0.2, 0.25) is 0 Å². The Morgan fingerprint density at radius 1 is 1.07 bits per heavy atom. The van der Waals surface area contributed by atoms with Crippen molar-refractivity contribution in [3.63, 3.8) is 0 Å². The molecule has 1 amide bonds. The van der Waals surface area contributed by atoms with Crippen LogP contribution >= 0.6 is 0 Å². The topological polar surface area (TPSA) is 138 Å². The summed E-state index contributed by atoms with van der Waals surface area (Å²) >= 11 is 0. The van der Waals surface area contributed by atoms with E-state index in [1.54, 1.807) is 56.4 Å². The number of rotatable bonds is 6. The number of amides is 1. The van der Waals surface area contributed by atoms with E-state index in [4.69, 9.17) is 0 Å². The first kappa shape index (κ1) is 27.8. The Morgan fingerprint density at radius 3 is 2.57 bits per heavy atom. The standard InChI is InChI=1S/C31H35N7O4/c1-30(2)14-18-13-23-28(41)38(11-10-37(23)24(18)15-30)26-21(17-39)20(6-8-32-26)19-12-22(27(40)36(5)16-19)34-25-7-9-33-29(35-25)31(3,4)42/h6-9,12-13,16,39,42H,10-11,14-15,17H2,1-5H3,(H,33,34,35). The van der Waals surface area contributed by atoms with E-state index in [0.717, 1.165) is 12.8 Å². The number of carbonyl (C=O) groups excluding carboxylic acids is 1. The number of aromatic nitrogens is 5.